The highest BCUT2D eigenvalue weighted by atomic mass is 32.2. The molecule has 0 radical (unpaired) electrons. The first-order valence-electron chi connectivity index (χ1n) is 4.98. The third-order valence-electron chi connectivity index (χ3n) is 1.90. The monoisotopic (exact) mass is 222 g/mol. The van der Waals surface area contributed by atoms with E-state index in [1.165, 1.54) is 0 Å². The summed E-state index contributed by atoms with van der Waals surface area (Å²) in [6.07, 6.45) is 1.41. The van der Waals surface area contributed by atoms with E-state index in [9.17, 15) is 9.59 Å². The van der Waals surface area contributed by atoms with Crippen LogP contribution in [0, 0.1) is 0 Å². The van der Waals surface area contributed by atoms with Crippen molar-refractivity contribution in [2.75, 3.05) is 5.75 Å². The second-order valence-corrected chi connectivity index (χ2v) is 4.18. The molecular weight excluding hydrogens is 208 g/mol. The third kappa shape index (κ3) is 4.30. The molecule has 0 aromatic heterocycles. The van der Waals surface area contributed by atoms with E-state index in [1.54, 1.807) is 12.1 Å². The lowest BCUT2D eigenvalue weighted by Crippen LogP contribution is -2.04. The first-order valence-corrected chi connectivity index (χ1v) is 5.96. The fourth-order valence-corrected chi connectivity index (χ4v) is 1.89. The highest BCUT2D eigenvalue weighted by Gasteiger charge is 2.08. The van der Waals surface area contributed by atoms with Crippen LogP contribution in [0.2, 0.25) is 0 Å². The molecule has 0 unspecified atom stereocenters. The molecule has 0 fully saturated rings. The Balaban J connectivity index is 2.40. The Morgan fingerprint density at radius 3 is 2.47 bits per heavy atom. The summed E-state index contributed by atoms with van der Waals surface area (Å²) in [6, 6.07) is 9.03. The van der Waals surface area contributed by atoms with E-state index in [4.69, 9.17) is 0 Å². The van der Waals surface area contributed by atoms with Gasteiger partial charge in [0.2, 0.25) is 5.12 Å². The smallest absolute Gasteiger partial charge is 0.219 e. The number of carbonyl (C=O) groups excluding carboxylic acids is 2. The molecule has 2 nitrogen and oxygen atoms in total. The summed E-state index contributed by atoms with van der Waals surface area (Å²) in [4.78, 5) is 22.8. The zero-order chi connectivity index (χ0) is 11.1. The lowest BCUT2D eigenvalue weighted by molar-refractivity contribution is -0.116. The van der Waals surface area contributed by atoms with Crippen LogP contribution in [-0.2, 0) is 4.79 Å². The van der Waals surface area contributed by atoms with Crippen LogP contribution in [0.3, 0.4) is 0 Å². The van der Waals surface area contributed by atoms with Crippen molar-refractivity contribution in [2.45, 2.75) is 19.8 Å². The Bertz CT molecular complexity index is 333. The standard InChI is InChI=1S/C12H14O2S/c1-2-6-11(13)9-15-12(14)10-7-4-3-5-8-10/h3-5,7-8H,2,6,9H2,1H3. The summed E-state index contributed by atoms with van der Waals surface area (Å²) in [7, 11) is 0. The number of thioether (sulfide) groups is 1. The van der Waals surface area contributed by atoms with Crippen LogP contribution in [0.4, 0.5) is 0 Å². The van der Waals surface area contributed by atoms with Crippen molar-refractivity contribution in [1.82, 2.24) is 0 Å². The van der Waals surface area contributed by atoms with Crippen LogP contribution in [0.15, 0.2) is 30.3 Å². The molecule has 0 atom stereocenters. The Morgan fingerprint density at radius 2 is 1.87 bits per heavy atom. The zero-order valence-corrected chi connectivity index (χ0v) is 9.55. The Labute approximate surface area is 94.1 Å². The van der Waals surface area contributed by atoms with Gasteiger partial charge in [0.25, 0.3) is 0 Å². The van der Waals surface area contributed by atoms with Crippen LogP contribution < -0.4 is 0 Å². The van der Waals surface area contributed by atoms with Gasteiger partial charge in [0.05, 0.1) is 5.75 Å². The fraction of sp³-hybridized carbons (Fsp3) is 0.333. The molecule has 0 bridgehead atoms. The molecule has 0 aliphatic rings. The number of hydrogen-bond donors (Lipinski definition) is 0. The number of rotatable bonds is 5. The molecule has 15 heavy (non-hydrogen) atoms. The molecule has 0 saturated carbocycles. The van der Waals surface area contributed by atoms with Crippen LogP contribution in [-0.4, -0.2) is 16.7 Å². The zero-order valence-electron chi connectivity index (χ0n) is 8.73. The minimum absolute atomic E-state index is 0.0277. The van der Waals surface area contributed by atoms with Crippen molar-refractivity contribution >= 4 is 22.7 Å². The van der Waals surface area contributed by atoms with E-state index >= 15 is 0 Å². The van der Waals surface area contributed by atoms with Crippen molar-refractivity contribution in [3.05, 3.63) is 35.9 Å². The summed E-state index contributed by atoms with van der Waals surface area (Å²) in [5.74, 6) is 0.438. The van der Waals surface area contributed by atoms with Crippen molar-refractivity contribution < 1.29 is 9.59 Å². The van der Waals surface area contributed by atoms with Crippen molar-refractivity contribution in [3.63, 3.8) is 0 Å². The highest BCUT2D eigenvalue weighted by Crippen LogP contribution is 2.12. The van der Waals surface area contributed by atoms with Gasteiger partial charge in [-0.2, -0.15) is 0 Å². The van der Waals surface area contributed by atoms with Gasteiger partial charge in [0, 0.05) is 12.0 Å². The predicted molar refractivity (Wildman–Crippen MR) is 63.1 cm³/mol. The molecular formula is C12H14O2S. The van der Waals surface area contributed by atoms with Crippen molar-refractivity contribution in [2.24, 2.45) is 0 Å². The first-order chi connectivity index (χ1) is 7.24. The van der Waals surface area contributed by atoms with Crippen LogP contribution >= 0.6 is 11.8 Å². The average Bonchev–Trinajstić information content (AvgIpc) is 2.27. The number of benzene rings is 1. The quantitative estimate of drug-likeness (QED) is 0.768. The Morgan fingerprint density at radius 1 is 1.20 bits per heavy atom. The maximum atomic E-state index is 11.6. The molecule has 0 saturated heterocycles. The predicted octanol–water partition coefficient (Wildman–Crippen LogP) is 2.93. The molecule has 1 aromatic rings. The largest absolute Gasteiger partial charge is 0.299 e. The summed E-state index contributed by atoms with van der Waals surface area (Å²) < 4.78 is 0. The van der Waals surface area contributed by atoms with E-state index in [-0.39, 0.29) is 10.9 Å². The lowest BCUT2D eigenvalue weighted by atomic mass is 10.2. The normalized spacial score (nSPS) is 9.93. The molecule has 1 rings (SSSR count). The molecule has 0 aliphatic carbocycles. The summed E-state index contributed by atoms with van der Waals surface area (Å²) in [6.45, 7) is 1.96. The maximum absolute atomic E-state index is 11.6. The van der Waals surface area contributed by atoms with Gasteiger partial charge < -0.3 is 0 Å². The number of ketones is 1. The van der Waals surface area contributed by atoms with Gasteiger partial charge in [0.1, 0.15) is 5.78 Å². The van der Waals surface area contributed by atoms with E-state index in [0.717, 1.165) is 18.2 Å². The number of carbonyl (C=O) groups is 2. The summed E-state index contributed by atoms with van der Waals surface area (Å²) in [5, 5.41) is -0.0277. The summed E-state index contributed by atoms with van der Waals surface area (Å²) >= 11 is 1.09. The van der Waals surface area contributed by atoms with E-state index in [2.05, 4.69) is 0 Å². The van der Waals surface area contributed by atoms with Crippen LogP contribution in [0.5, 0.6) is 0 Å². The van der Waals surface area contributed by atoms with Gasteiger partial charge in [-0.25, -0.2) is 0 Å². The minimum Gasteiger partial charge on any atom is -0.299 e. The van der Waals surface area contributed by atoms with Gasteiger partial charge in [-0.05, 0) is 6.42 Å². The molecule has 0 aliphatic heterocycles. The molecule has 0 N–H and O–H groups in total. The van der Waals surface area contributed by atoms with E-state index in [0.29, 0.717) is 17.7 Å². The SMILES string of the molecule is CCCC(=O)CSC(=O)c1ccccc1. The summed E-state index contributed by atoms with van der Waals surface area (Å²) in [5.41, 5.74) is 0.659. The maximum Gasteiger partial charge on any atom is 0.219 e. The van der Waals surface area contributed by atoms with Gasteiger partial charge >= 0.3 is 0 Å². The second-order valence-electron chi connectivity index (χ2n) is 3.23. The topological polar surface area (TPSA) is 34.1 Å². The van der Waals surface area contributed by atoms with Crippen molar-refractivity contribution in [1.29, 1.82) is 0 Å². The Hall–Kier alpha value is -1.09. The number of hydrogen-bond acceptors (Lipinski definition) is 3. The first kappa shape index (κ1) is 12.0. The molecule has 1 aromatic carbocycles. The van der Waals surface area contributed by atoms with Gasteiger partial charge in [-0.15, -0.1) is 0 Å². The highest BCUT2D eigenvalue weighted by molar-refractivity contribution is 8.14. The average molecular weight is 222 g/mol. The molecule has 80 valence electrons. The van der Waals surface area contributed by atoms with Crippen LogP contribution in [0.1, 0.15) is 30.1 Å². The Kier molecular flexibility index (Phi) is 5.12. The van der Waals surface area contributed by atoms with Crippen molar-refractivity contribution in [3.8, 4) is 0 Å². The second kappa shape index (κ2) is 6.40. The minimum atomic E-state index is -0.0277. The third-order valence-corrected chi connectivity index (χ3v) is 2.87. The number of Topliss-reactive ketones (excluding diaryl/α,β-unsaturated/α-hetero) is 1. The van der Waals surface area contributed by atoms with Crippen LogP contribution in [0.25, 0.3) is 0 Å². The van der Waals surface area contributed by atoms with Gasteiger partial charge in [-0.3, -0.25) is 9.59 Å². The fourth-order valence-electron chi connectivity index (χ4n) is 1.15. The lowest BCUT2D eigenvalue weighted by Gasteiger charge is -1.99. The molecule has 0 heterocycles. The van der Waals surface area contributed by atoms with Gasteiger partial charge in [0.15, 0.2) is 0 Å². The van der Waals surface area contributed by atoms with E-state index < -0.39 is 0 Å². The van der Waals surface area contributed by atoms with Gasteiger partial charge in [-0.1, -0.05) is 49.0 Å². The molecule has 3 heteroatoms. The molecule has 0 amide bonds. The molecule has 0 spiro atoms. The van der Waals surface area contributed by atoms with E-state index in [1.807, 2.05) is 25.1 Å².